The van der Waals surface area contributed by atoms with Crippen molar-refractivity contribution in [1.29, 1.82) is 0 Å². The Morgan fingerprint density at radius 1 is 1.25 bits per heavy atom. The molecule has 1 heterocycles. The molecule has 0 unspecified atom stereocenters. The molecule has 1 nitrogen and oxygen atoms in total. The molecule has 1 saturated carbocycles. The summed E-state index contributed by atoms with van der Waals surface area (Å²) in [5.41, 5.74) is 4.41. The Morgan fingerprint density at radius 2 is 2.00 bits per heavy atom. The molecule has 1 aliphatic carbocycles. The summed E-state index contributed by atoms with van der Waals surface area (Å²) >= 11 is 0. The maximum atomic E-state index is 2.42. The minimum absolute atomic E-state index is 0.609. The fourth-order valence-electron chi connectivity index (χ4n) is 2.68. The predicted octanol–water partition coefficient (Wildman–Crippen LogP) is 4.18. The zero-order valence-corrected chi connectivity index (χ0v) is 10.3. The van der Waals surface area contributed by atoms with Crippen molar-refractivity contribution < 1.29 is 0 Å². The van der Waals surface area contributed by atoms with E-state index in [4.69, 9.17) is 0 Å². The highest BCUT2D eigenvalue weighted by atomic mass is 15.0. The fourth-order valence-corrected chi connectivity index (χ4v) is 2.68. The number of aryl methyl sites for hydroxylation is 1. The zero-order chi connectivity index (χ0) is 11.3. The standard InChI is InChI=1S/C15H19N/c1-10(2)12-5-4-6-14-13(12)9-15(16(14)3)11-7-8-11/h4-6,9-11H,7-8H2,1-3H3. The highest BCUT2D eigenvalue weighted by Crippen LogP contribution is 2.42. The van der Waals surface area contributed by atoms with E-state index in [0.717, 1.165) is 5.92 Å². The molecule has 84 valence electrons. The van der Waals surface area contributed by atoms with Crippen molar-refractivity contribution in [2.75, 3.05) is 0 Å². The van der Waals surface area contributed by atoms with E-state index in [1.54, 1.807) is 0 Å². The summed E-state index contributed by atoms with van der Waals surface area (Å²) in [7, 11) is 2.21. The average molecular weight is 213 g/mol. The Balaban J connectivity index is 2.27. The van der Waals surface area contributed by atoms with Crippen molar-refractivity contribution in [2.45, 2.75) is 38.5 Å². The van der Waals surface area contributed by atoms with Crippen molar-refractivity contribution >= 4 is 10.9 Å². The Labute approximate surface area is 97.1 Å². The quantitative estimate of drug-likeness (QED) is 0.705. The lowest BCUT2D eigenvalue weighted by molar-refractivity contribution is 0.856. The van der Waals surface area contributed by atoms with Gasteiger partial charge in [0.2, 0.25) is 0 Å². The smallest absolute Gasteiger partial charge is 0.0482 e. The summed E-state index contributed by atoms with van der Waals surface area (Å²) in [5, 5.41) is 1.46. The van der Waals surface area contributed by atoms with Crippen molar-refractivity contribution in [3.05, 3.63) is 35.5 Å². The molecule has 2 aromatic rings. The van der Waals surface area contributed by atoms with Gasteiger partial charge in [-0.3, -0.25) is 0 Å². The highest BCUT2D eigenvalue weighted by Gasteiger charge is 2.27. The summed E-state index contributed by atoms with van der Waals surface area (Å²) in [6.45, 7) is 4.55. The van der Waals surface area contributed by atoms with Gasteiger partial charge < -0.3 is 4.57 Å². The van der Waals surface area contributed by atoms with Crippen molar-refractivity contribution in [1.82, 2.24) is 4.57 Å². The summed E-state index contributed by atoms with van der Waals surface area (Å²) in [6, 6.07) is 9.12. The molecule has 3 rings (SSSR count). The van der Waals surface area contributed by atoms with Gasteiger partial charge in [-0.15, -0.1) is 0 Å². The van der Waals surface area contributed by atoms with Gasteiger partial charge in [-0.2, -0.15) is 0 Å². The van der Waals surface area contributed by atoms with E-state index in [1.165, 1.54) is 35.0 Å². The summed E-state index contributed by atoms with van der Waals surface area (Å²) in [6.07, 6.45) is 2.75. The Bertz CT molecular complexity index is 530. The Hall–Kier alpha value is -1.24. The second kappa shape index (κ2) is 3.38. The molecule has 16 heavy (non-hydrogen) atoms. The molecule has 0 atom stereocenters. The monoisotopic (exact) mass is 213 g/mol. The molecular weight excluding hydrogens is 194 g/mol. The minimum Gasteiger partial charge on any atom is -0.347 e. The molecule has 1 heteroatoms. The topological polar surface area (TPSA) is 4.93 Å². The molecule has 0 aliphatic heterocycles. The van der Waals surface area contributed by atoms with Gasteiger partial charge in [-0.1, -0.05) is 26.0 Å². The van der Waals surface area contributed by atoms with Gasteiger partial charge in [-0.25, -0.2) is 0 Å². The first-order valence-corrected chi connectivity index (χ1v) is 6.26. The van der Waals surface area contributed by atoms with Crippen molar-refractivity contribution in [2.24, 2.45) is 7.05 Å². The van der Waals surface area contributed by atoms with E-state index < -0.39 is 0 Å². The van der Waals surface area contributed by atoms with E-state index in [-0.39, 0.29) is 0 Å². The normalized spacial score (nSPS) is 16.2. The molecule has 1 aliphatic rings. The molecular formula is C15H19N. The number of rotatable bonds is 2. The third-order valence-corrected chi connectivity index (χ3v) is 3.78. The number of hydrogen-bond donors (Lipinski definition) is 0. The second-order valence-corrected chi connectivity index (χ2v) is 5.34. The molecule has 0 amide bonds. The molecule has 0 saturated heterocycles. The Morgan fingerprint density at radius 3 is 2.62 bits per heavy atom. The fraction of sp³-hybridized carbons (Fsp3) is 0.467. The summed E-state index contributed by atoms with van der Waals surface area (Å²) < 4.78 is 2.39. The number of fused-ring (bicyclic) bond motifs is 1. The maximum Gasteiger partial charge on any atom is 0.0482 e. The zero-order valence-electron chi connectivity index (χ0n) is 10.3. The lowest BCUT2D eigenvalue weighted by Crippen LogP contribution is -1.93. The van der Waals surface area contributed by atoms with E-state index >= 15 is 0 Å². The molecule has 0 spiro atoms. The minimum atomic E-state index is 0.609. The van der Waals surface area contributed by atoms with Crippen LogP contribution in [-0.2, 0) is 7.05 Å². The van der Waals surface area contributed by atoms with Gasteiger partial charge in [0.15, 0.2) is 0 Å². The van der Waals surface area contributed by atoms with Crippen LogP contribution in [-0.4, -0.2) is 4.57 Å². The number of aromatic nitrogens is 1. The molecule has 0 radical (unpaired) electrons. The first-order chi connectivity index (χ1) is 7.68. The van der Waals surface area contributed by atoms with Gasteiger partial charge in [0.25, 0.3) is 0 Å². The van der Waals surface area contributed by atoms with Crippen molar-refractivity contribution in [3.8, 4) is 0 Å². The SMILES string of the molecule is CC(C)c1cccc2c1cc(C1CC1)n2C. The van der Waals surface area contributed by atoms with Crippen LogP contribution in [0.5, 0.6) is 0 Å². The summed E-state index contributed by atoms with van der Waals surface area (Å²) in [5.74, 6) is 1.44. The van der Waals surface area contributed by atoms with Crippen LogP contribution in [0.4, 0.5) is 0 Å². The van der Waals surface area contributed by atoms with Crippen LogP contribution in [0.2, 0.25) is 0 Å². The van der Waals surface area contributed by atoms with Crippen LogP contribution in [0.15, 0.2) is 24.3 Å². The maximum absolute atomic E-state index is 2.42. The van der Waals surface area contributed by atoms with Gasteiger partial charge in [0, 0.05) is 23.6 Å². The van der Waals surface area contributed by atoms with Crippen molar-refractivity contribution in [3.63, 3.8) is 0 Å². The number of hydrogen-bond acceptors (Lipinski definition) is 0. The van der Waals surface area contributed by atoms with E-state index in [2.05, 4.69) is 49.7 Å². The first kappa shape index (κ1) is 9.95. The number of benzene rings is 1. The lowest BCUT2D eigenvalue weighted by Gasteiger charge is -2.07. The Kier molecular flexibility index (Phi) is 2.10. The summed E-state index contributed by atoms with van der Waals surface area (Å²) in [4.78, 5) is 0. The van der Waals surface area contributed by atoms with Gasteiger partial charge >= 0.3 is 0 Å². The van der Waals surface area contributed by atoms with Crippen LogP contribution in [0.3, 0.4) is 0 Å². The van der Waals surface area contributed by atoms with E-state index in [0.29, 0.717) is 5.92 Å². The lowest BCUT2D eigenvalue weighted by atomic mass is 9.99. The molecule has 1 aromatic heterocycles. The second-order valence-electron chi connectivity index (χ2n) is 5.34. The molecule has 0 N–H and O–H groups in total. The van der Waals surface area contributed by atoms with Crippen LogP contribution < -0.4 is 0 Å². The van der Waals surface area contributed by atoms with Crippen LogP contribution in [0.1, 0.15) is 49.8 Å². The van der Waals surface area contributed by atoms with Gasteiger partial charge in [0.1, 0.15) is 0 Å². The molecule has 1 aromatic carbocycles. The van der Waals surface area contributed by atoms with Gasteiger partial charge in [0.05, 0.1) is 0 Å². The van der Waals surface area contributed by atoms with E-state index in [9.17, 15) is 0 Å². The van der Waals surface area contributed by atoms with E-state index in [1.807, 2.05) is 0 Å². The van der Waals surface area contributed by atoms with Crippen LogP contribution in [0.25, 0.3) is 10.9 Å². The molecule has 1 fully saturated rings. The third kappa shape index (κ3) is 1.38. The highest BCUT2D eigenvalue weighted by molar-refractivity contribution is 5.85. The van der Waals surface area contributed by atoms with Gasteiger partial charge in [-0.05, 0) is 42.4 Å². The third-order valence-electron chi connectivity index (χ3n) is 3.78. The largest absolute Gasteiger partial charge is 0.347 e. The predicted molar refractivity (Wildman–Crippen MR) is 69.0 cm³/mol. The molecule has 0 bridgehead atoms. The first-order valence-electron chi connectivity index (χ1n) is 6.26. The average Bonchev–Trinajstić information content (AvgIpc) is 3.04. The van der Waals surface area contributed by atoms with Crippen LogP contribution in [0, 0.1) is 0 Å². The number of nitrogens with zero attached hydrogens (tertiary/aromatic N) is 1. The van der Waals surface area contributed by atoms with Crippen LogP contribution >= 0.6 is 0 Å².